The smallest absolute Gasteiger partial charge is 0.118 e. The van der Waals surface area contributed by atoms with E-state index in [1.807, 2.05) is 12.1 Å². The molecule has 1 atom stereocenters. The molecule has 0 radical (unpaired) electrons. The summed E-state index contributed by atoms with van der Waals surface area (Å²) in [6.45, 7) is 5.94. The molecule has 1 heterocycles. The van der Waals surface area contributed by atoms with E-state index < -0.39 is 0 Å². The molecule has 0 saturated carbocycles. The largest absolute Gasteiger partial charge is 0.497 e. The summed E-state index contributed by atoms with van der Waals surface area (Å²) >= 11 is 0. The number of ether oxygens (including phenoxy) is 2. The number of rotatable bonds is 6. The van der Waals surface area contributed by atoms with Gasteiger partial charge in [-0.25, -0.2) is 0 Å². The maximum absolute atomic E-state index is 6.30. The lowest BCUT2D eigenvalue weighted by Crippen LogP contribution is -2.40. The van der Waals surface area contributed by atoms with Crippen molar-refractivity contribution in [2.24, 2.45) is 5.73 Å². The highest BCUT2D eigenvalue weighted by Gasteiger charge is 2.21. The van der Waals surface area contributed by atoms with E-state index in [1.165, 1.54) is 0 Å². The molecule has 0 aromatic heterocycles. The Bertz CT molecular complexity index is 386. The van der Waals surface area contributed by atoms with Gasteiger partial charge in [-0.2, -0.15) is 0 Å². The fraction of sp³-hybridized carbons (Fsp3) is 0.625. The van der Waals surface area contributed by atoms with E-state index in [2.05, 4.69) is 24.0 Å². The highest BCUT2D eigenvalue weighted by atomic mass is 16.5. The third-order valence-corrected chi connectivity index (χ3v) is 3.94. The van der Waals surface area contributed by atoms with Gasteiger partial charge in [-0.15, -0.1) is 0 Å². The van der Waals surface area contributed by atoms with Gasteiger partial charge in [-0.1, -0.05) is 12.1 Å². The molecular formula is C16H26N2O2. The second kappa shape index (κ2) is 7.62. The van der Waals surface area contributed by atoms with Crippen molar-refractivity contribution in [3.05, 3.63) is 29.8 Å². The molecule has 1 aromatic carbocycles. The molecule has 0 amide bonds. The standard InChI is InChI=1S/C16H26N2O2/c1-3-20-15-8-10-18(11-9-15)12-16(17)13-4-6-14(19-2)7-5-13/h4-7,15-16H,3,8-12,17H2,1-2H3. The van der Waals surface area contributed by atoms with E-state index in [9.17, 15) is 0 Å². The highest BCUT2D eigenvalue weighted by molar-refractivity contribution is 5.29. The lowest BCUT2D eigenvalue weighted by Gasteiger charge is -2.33. The Morgan fingerprint density at radius 1 is 1.25 bits per heavy atom. The maximum Gasteiger partial charge on any atom is 0.118 e. The average molecular weight is 278 g/mol. The summed E-state index contributed by atoms with van der Waals surface area (Å²) < 4.78 is 10.8. The fourth-order valence-corrected chi connectivity index (χ4v) is 2.73. The van der Waals surface area contributed by atoms with Gasteiger partial charge in [0, 0.05) is 32.3 Å². The lowest BCUT2D eigenvalue weighted by atomic mass is 10.0. The predicted octanol–water partition coefficient (Wildman–Crippen LogP) is 2.20. The zero-order valence-corrected chi connectivity index (χ0v) is 12.5. The van der Waals surface area contributed by atoms with Crippen LogP contribution in [0.4, 0.5) is 0 Å². The van der Waals surface area contributed by atoms with Gasteiger partial charge in [0.15, 0.2) is 0 Å². The minimum atomic E-state index is 0.0598. The Morgan fingerprint density at radius 3 is 2.45 bits per heavy atom. The molecule has 4 heteroatoms. The van der Waals surface area contributed by atoms with E-state index in [1.54, 1.807) is 7.11 Å². The number of hydrogen-bond acceptors (Lipinski definition) is 4. The topological polar surface area (TPSA) is 47.7 Å². The quantitative estimate of drug-likeness (QED) is 0.866. The first kappa shape index (κ1) is 15.3. The zero-order chi connectivity index (χ0) is 14.4. The fourth-order valence-electron chi connectivity index (χ4n) is 2.73. The summed E-state index contributed by atoms with van der Waals surface area (Å²) in [4.78, 5) is 2.43. The zero-order valence-electron chi connectivity index (χ0n) is 12.5. The Morgan fingerprint density at radius 2 is 1.90 bits per heavy atom. The molecule has 2 rings (SSSR count). The predicted molar refractivity (Wildman–Crippen MR) is 81.0 cm³/mol. The van der Waals surface area contributed by atoms with Crippen LogP contribution in [0.15, 0.2) is 24.3 Å². The molecule has 1 aliphatic heterocycles. The summed E-state index contributed by atoms with van der Waals surface area (Å²) in [5.41, 5.74) is 7.46. The van der Waals surface area contributed by atoms with E-state index in [4.69, 9.17) is 15.2 Å². The number of nitrogens with two attached hydrogens (primary N) is 1. The van der Waals surface area contributed by atoms with Gasteiger partial charge in [0.2, 0.25) is 0 Å². The van der Waals surface area contributed by atoms with E-state index >= 15 is 0 Å². The van der Waals surface area contributed by atoms with Crippen molar-refractivity contribution in [2.75, 3.05) is 33.4 Å². The van der Waals surface area contributed by atoms with Crippen molar-refractivity contribution in [3.8, 4) is 5.75 Å². The van der Waals surface area contributed by atoms with Crippen molar-refractivity contribution in [1.29, 1.82) is 0 Å². The van der Waals surface area contributed by atoms with E-state index in [0.29, 0.717) is 6.10 Å². The van der Waals surface area contributed by atoms with Crippen molar-refractivity contribution in [3.63, 3.8) is 0 Å². The number of benzene rings is 1. The summed E-state index contributed by atoms with van der Waals surface area (Å²) in [7, 11) is 1.68. The third kappa shape index (κ3) is 4.20. The van der Waals surface area contributed by atoms with Gasteiger partial charge in [0.05, 0.1) is 13.2 Å². The first-order chi connectivity index (χ1) is 9.72. The Balaban J connectivity index is 1.81. The van der Waals surface area contributed by atoms with Crippen molar-refractivity contribution < 1.29 is 9.47 Å². The summed E-state index contributed by atoms with van der Waals surface area (Å²) in [6, 6.07) is 8.10. The summed E-state index contributed by atoms with van der Waals surface area (Å²) in [6.07, 6.45) is 2.67. The molecule has 1 saturated heterocycles. The van der Waals surface area contributed by atoms with Crippen molar-refractivity contribution in [1.82, 2.24) is 4.90 Å². The van der Waals surface area contributed by atoms with Crippen LogP contribution in [0.5, 0.6) is 5.75 Å². The van der Waals surface area contributed by atoms with Gasteiger partial charge in [0.1, 0.15) is 5.75 Å². The van der Waals surface area contributed by atoms with Crippen molar-refractivity contribution in [2.45, 2.75) is 31.9 Å². The molecule has 1 fully saturated rings. The molecule has 20 heavy (non-hydrogen) atoms. The Kier molecular flexibility index (Phi) is 5.83. The van der Waals surface area contributed by atoms with Crippen LogP contribution in [0.25, 0.3) is 0 Å². The van der Waals surface area contributed by atoms with Gasteiger partial charge >= 0.3 is 0 Å². The van der Waals surface area contributed by atoms with Crippen LogP contribution < -0.4 is 10.5 Å². The van der Waals surface area contributed by atoms with Gasteiger partial charge in [-0.05, 0) is 37.5 Å². The number of piperidine rings is 1. The van der Waals surface area contributed by atoms with Gasteiger partial charge < -0.3 is 20.1 Å². The monoisotopic (exact) mass is 278 g/mol. The molecule has 1 unspecified atom stereocenters. The molecule has 4 nitrogen and oxygen atoms in total. The van der Waals surface area contributed by atoms with Crippen molar-refractivity contribution >= 4 is 0 Å². The second-order valence-corrected chi connectivity index (χ2v) is 5.33. The second-order valence-electron chi connectivity index (χ2n) is 5.33. The summed E-state index contributed by atoms with van der Waals surface area (Å²) in [5, 5.41) is 0. The van der Waals surface area contributed by atoms with Crippen LogP contribution in [-0.2, 0) is 4.74 Å². The SMILES string of the molecule is CCOC1CCN(CC(N)c2ccc(OC)cc2)CC1. The Hall–Kier alpha value is -1.10. The molecule has 0 spiro atoms. The molecular weight excluding hydrogens is 252 g/mol. The van der Waals surface area contributed by atoms with Gasteiger partial charge in [-0.3, -0.25) is 0 Å². The van der Waals surface area contributed by atoms with Crippen LogP contribution in [0.1, 0.15) is 31.4 Å². The number of nitrogens with zero attached hydrogens (tertiary/aromatic N) is 1. The van der Waals surface area contributed by atoms with Crippen LogP contribution in [0.2, 0.25) is 0 Å². The number of methoxy groups -OCH3 is 1. The van der Waals surface area contributed by atoms with Crippen LogP contribution >= 0.6 is 0 Å². The molecule has 0 aliphatic carbocycles. The first-order valence-electron chi connectivity index (χ1n) is 7.46. The molecule has 1 aliphatic rings. The van der Waals surface area contributed by atoms with Crippen LogP contribution in [0.3, 0.4) is 0 Å². The van der Waals surface area contributed by atoms with E-state index in [-0.39, 0.29) is 6.04 Å². The molecule has 0 bridgehead atoms. The van der Waals surface area contributed by atoms with E-state index in [0.717, 1.165) is 50.4 Å². The normalized spacial score (nSPS) is 18.9. The van der Waals surface area contributed by atoms with Gasteiger partial charge in [0.25, 0.3) is 0 Å². The minimum absolute atomic E-state index is 0.0598. The third-order valence-electron chi connectivity index (χ3n) is 3.94. The maximum atomic E-state index is 6.30. The summed E-state index contributed by atoms with van der Waals surface area (Å²) in [5.74, 6) is 0.874. The average Bonchev–Trinajstić information content (AvgIpc) is 2.49. The van der Waals surface area contributed by atoms with Crippen LogP contribution in [-0.4, -0.2) is 44.4 Å². The molecule has 112 valence electrons. The first-order valence-corrected chi connectivity index (χ1v) is 7.46. The minimum Gasteiger partial charge on any atom is -0.497 e. The lowest BCUT2D eigenvalue weighted by molar-refractivity contribution is 0.0131. The molecule has 1 aromatic rings. The Labute approximate surface area is 121 Å². The number of hydrogen-bond donors (Lipinski definition) is 1. The number of likely N-dealkylation sites (tertiary alicyclic amines) is 1. The molecule has 2 N–H and O–H groups in total. The highest BCUT2D eigenvalue weighted by Crippen LogP contribution is 2.19. The van der Waals surface area contributed by atoms with Crippen LogP contribution in [0, 0.1) is 0 Å².